The Morgan fingerprint density at radius 1 is 1.21 bits per heavy atom. The first-order valence-electron chi connectivity index (χ1n) is 5.85. The van der Waals surface area contributed by atoms with Gasteiger partial charge in [-0.3, -0.25) is 0 Å². The second kappa shape index (κ2) is 4.93. The number of aromatic nitrogens is 2. The molecule has 0 bridgehead atoms. The fourth-order valence-corrected chi connectivity index (χ4v) is 2.79. The molecule has 2 aromatic rings. The number of halogens is 3. The smallest absolute Gasteiger partial charge is 0.163 e. The minimum absolute atomic E-state index is 0.433. The van der Waals surface area contributed by atoms with Crippen molar-refractivity contribution in [3.05, 3.63) is 38.4 Å². The van der Waals surface area contributed by atoms with E-state index < -0.39 is 0 Å². The highest BCUT2D eigenvalue weighted by atomic mass is 79.9. The Morgan fingerprint density at radius 2 is 1.95 bits per heavy atom. The summed E-state index contributed by atoms with van der Waals surface area (Å²) in [5, 5.41) is 0.935. The number of nitrogens with zero attached hydrogens (tertiary/aromatic N) is 2. The largest absolute Gasteiger partial charge is 0.383 e. The molecule has 98 valence electrons. The fraction of sp³-hybridized carbons (Fsp3) is 0.231. The summed E-state index contributed by atoms with van der Waals surface area (Å²) in [5.74, 6) is 1.43. The van der Waals surface area contributed by atoms with E-state index in [1.807, 2.05) is 12.1 Å². The van der Waals surface area contributed by atoms with Gasteiger partial charge in [-0.25, -0.2) is 9.97 Å². The molecule has 1 saturated carbocycles. The number of anilines is 1. The van der Waals surface area contributed by atoms with E-state index in [0.29, 0.717) is 33.2 Å². The van der Waals surface area contributed by atoms with Crippen molar-refractivity contribution in [2.45, 2.75) is 18.8 Å². The zero-order valence-corrected chi connectivity index (χ0v) is 12.9. The van der Waals surface area contributed by atoms with Crippen LogP contribution in [-0.4, -0.2) is 9.97 Å². The molecular formula is C13H10BrCl2N3. The lowest BCUT2D eigenvalue weighted by Gasteiger charge is -2.10. The molecule has 3 nitrogen and oxygen atoms in total. The summed E-state index contributed by atoms with van der Waals surface area (Å²) >= 11 is 15.7. The van der Waals surface area contributed by atoms with E-state index in [1.54, 1.807) is 6.07 Å². The number of hydrogen-bond donors (Lipinski definition) is 1. The van der Waals surface area contributed by atoms with E-state index in [9.17, 15) is 0 Å². The summed E-state index contributed by atoms with van der Waals surface area (Å²) in [5.41, 5.74) is 7.60. The van der Waals surface area contributed by atoms with Gasteiger partial charge < -0.3 is 5.73 Å². The van der Waals surface area contributed by atoms with Crippen LogP contribution < -0.4 is 5.73 Å². The second-order valence-electron chi connectivity index (χ2n) is 4.51. The third kappa shape index (κ3) is 2.45. The van der Waals surface area contributed by atoms with Gasteiger partial charge >= 0.3 is 0 Å². The van der Waals surface area contributed by atoms with Gasteiger partial charge in [-0.2, -0.15) is 0 Å². The van der Waals surface area contributed by atoms with Crippen molar-refractivity contribution in [3.63, 3.8) is 0 Å². The van der Waals surface area contributed by atoms with E-state index in [2.05, 4.69) is 25.9 Å². The predicted octanol–water partition coefficient (Wildman–Crippen LogP) is 4.67. The van der Waals surface area contributed by atoms with Crippen LogP contribution in [0.1, 0.15) is 24.5 Å². The average molecular weight is 359 g/mol. The molecule has 1 aromatic heterocycles. The quantitative estimate of drug-likeness (QED) is 0.848. The maximum absolute atomic E-state index is 6.20. The molecule has 0 saturated heterocycles. The van der Waals surface area contributed by atoms with E-state index in [-0.39, 0.29) is 0 Å². The molecule has 19 heavy (non-hydrogen) atoms. The first kappa shape index (κ1) is 13.2. The summed E-state index contributed by atoms with van der Waals surface area (Å²) in [6.45, 7) is 0. The predicted molar refractivity (Wildman–Crippen MR) is 81.6 cm³/mol. The Bertz CT molecular complexity index is 657. The van der Waals surface area contributed by atoms with Crippen molar-refractivity contribution in [2.75, 3.05) is 5.73 Å². The van der Waals surface area contributed by atoms with Crippen LogP contribution in [0.3, 0.4) is 0 Å². The monoisotopic (exact) mass is 357 g/mol. The number of nitrogens with two attached hydrogens (primary N) is 1. The van der Waals surface area contributed by atoms with Gasteiger partial charge in [0.05, 0.1) is 20.2 Å². The highest BCUT2D eigenvalue weighted by molar-refractivity contribution is 9.10. The maximum Gasteiger partial charge on any atom is 0.163 e. The zero-order valence-electron chi connectivity index (χ0n) is 9.83. The molecule has 0 radical (unpaired) electrons. The lowest BCUT2D eigenvalue weighted by atomic mass is 10.2. The van der Waals surface area contributed by atoms with E-state index in [1.165, 1.54) is 0 Å². The molecule has 3 rings (SSSR count). The van der Waals surface area contributed by atoms with Crippen molar-refractivity contribution in [1.29, 1.82) is 0 Å². The van der Waals surface area contributed by atoms with Crippen molar-refractivity contribution in [3.8, 4) is 11.4 Å². The van der Waals surface area contributed by atoms with Gasteiger partial charge in [0.1, 0.15) is 5.82 Å². The minimum atomic E-state index is 0.433. The Labute approximate surface area is 129 Å². The molecule has 0 spiro atoms. The summed E-state index contributed by atoms with van der Waals surface area (Å²) in [6.07, 6.45) is 2.27. The number of benzene rings is 1. The molecule has 6 heteroatoms. The summed E-state index contributed by atoms with van der Waals surface area (Å²) < 4.78 is 0.789. The van der Waals surface area contributed by atoms with Gasteiger partial charge in [0, 0.05) is 11.5 Å². The average Bonchev–Trinajstić information content (AvgIpc) is 3.20. The molecule has 1 aliphatic carbocycles. The molecule has 1 aromatic carbocycles. The normalized spacial score (nSPS) is 14.7. The van der Waals surface area contributed by atoms with Crippen molar-refractivity contribution in [2.24, 2.45) is 0 Å². The van der Waals surface area contributed by atoms with Crippen LogP contribution in [0.4, 0.5) is 5.82 Å². The van der Waals surface area contributed by atoms with Gasteiger partial charge in [-0.15, -0.1) is 0 Å². The van der Waals surface area contributed by atoms with Crippen LogP contribution >= 0.6 is 39.1 Å². The number of nitrogen functional groups attached to an aromatic ring is 1. The lowest BCUT2D eigenvalue weighted by molar-refractivity contribution is 0.984. The number of hydrogen-bond acceptors (Lipinski definition) is 3. The van der Waals surface area contributed by atoms with E-state index >= 15 is 0 Å². The standard InChI is InChI=1S/C13H10BrCl2N3/c14-9-11(6-4-5-6)18-13(19-12(9)17)7-2-1-3-8(15)10(7)16/h1-3,6H,4-5H2,(H2,17,18,19). The Hall–Kier alpha value is -0.840. The Kier molecular flexibility index (Phi) is 3.41. The summed E-state index contributed by atoms with van der Waals surface area (Å²) in [6, 6.07) is 5.40. The third-order valence-electron chi connectivity index (χ3n) is 3.06. The van der Waals surface area contributed by atoms with Crippen LogP contribution in [0.15, 0.2) is 22.7 Å². The Morgan fingerprint density at radius 3 is 2.63 bits per heavy atom. The molecule has 2 N–H and O–H groups in total. The van der Waals surface area contributed by atoms with Crippen LogP contribution in [0.25, 0.3) is 11.4 Å². The highest BCUT2D eigenvalue weighted by Gasteiger charge is 2.29. The topological polar surface area (TPSA) is 51.8 Å². The molecule has 1 fully saturated rings. The minimum Gasteiger partial charge on any atom is -0.383 e. The molecular weight excluding hydrogens is 349 g/mol. The summed E-state index contributed by atoms with van der Waals surface area (Å²) in [7, 11) is 0. The zero-order chi connectivity index (χ0) is 13.6. The van der Waals surface area contributed by atoms with Crippen LogP contribution in [0.5, 0.6) is 0 Å². The van der Waals surface area contributed by atoms with Crippen LogP contribution in [-0.2, 0) is 0 Å². The lowest BCUT2D eigenvalue weighted by Crippen LogP contribution is -2.02. The molecule has 0 unspecified atom stereocenters. The molecule has 1 heterocycles. The Balaban J connectivity index is 2.17. The van der Waals surface area contributed by atoms with Gasteiger partial charge in [-0.05, 0) is 40.9 Å². The molecule has 0 aliphatic heterocycles. The van der Waals surface area contributed by atoms with Gasteiger partial charge in [0.25, 0.3) is 0 Å². The van der Waals surface area contributed by atoms with Crippen molar-refractivity contribution in [1.82, 2.24) is 9.97 Å². The summed E-state index contributed by atoms with van der Waals surface area (Å²) in [4.78, 5) is 8.88. The van der Waals surface area contributed by atoms with E-state index in [0.717, 1.165) is 23.0 Å². The third-order valence-corrected chi connectivity index (χ3v) is 4.69. The maximum atomic E-state index is 6.20. The molecule has 0 atom stereocenters. The van der Waals surface area contributed by atoms with Crippen LogP contribution in [0.2, 0.25) is 10.0 Å². The van der Waals surface area contributed by atoms with Crippen molar-refractivity contribution < 1.29 is 0 Å². The fourth-order valence-electron chi connectivity index (χ4n) is 1.91. The first-order chi connectivity index (χ1) is 9.08. The molecule has 0 amide bonds. The SMILES string of the molecule is Nc1nc(-c2cccc(Cl)c2Cl)nc(C2CC2)c1Br. The van der Waals surface area contributed by atoms with Crippen molar-refractivity contribution >= 4 is 44.9 Å². The van der Waals surface area contributed by atoms with E-state index in [4.69, 9.17) is 28.9 Å². The second-order valence-corrected chi connectivity index (χ2v) is 6.09. The first-order valence-corrected chi connectivity index (χ1v) is 7.40. The van der Waals surface area contributed by atoms with Gasteiger partial charge in [0.15, 0.2) is 5.82 Å². The number of rotatable bonds is 2. The van der Waals surface area contributed by atoms with Gasteiger partial charge in [0.2, 0.25) is 0 Å². The highest BCUT2D eigenvalue weighted by Crippen LogP contribution is 2.44. The van der Waals surface area contributed by atoms with Gasteiger partial charge in [-0.1, -0.05) is 29.3 Å². The van der Waals surface area contributed by atoms with Crippen LogP contribution in [0, 0.1) is 0 Å². The molecule has 1 aliphatic rings.